The van der Waals surface area contributed by atoms with Crippen molar-refractivity contribution in [2.75, 3.05) is 36.0 Å². The Kier molecular flexibility index (Phi) is 3.62. The average molecular weight is 364 g/mol. The molecule has 138 valence electrons. The molecular weight excluding hydrogens is 344 g/mol. The fourth-order valence-corrected chi connectivity index (χ4v) is 3.53. The van der Waals surface area contributed by atoms with Crippen LogP contribution in [0.25, 0.3) is 16.8 Å². The molecule has 0 bridgehead atoms. The number of fused-ring (bicyclic) bond motifs is 2. The summed E-state index contributed by atoms with van der Waals surface area (Å²) in [6, 6.07) is 3.96. The third kappa shape index (κ3) is 2.56. The Labute approximate surface area is 155 Å². The smallest absolute Gasteiger partial charge is 0.178 e. The van der Waals surface area contributed by atoms with Crippen LogP contribution in [0, 0.1) is 6.92 Å². The number of rotatable bonds is 3. The zero-order chi connectivity index (χ0) is 18.4. The van der Waals surface area contributed by atoms with Gasteiger partial charge in [0.05, 0.1) is 6.33 Å². The third-order valence-electron chi connectivity index (χ3n) is 5.03. The topological polar surface area (TPSA) is 93.2 Å². The number of anilines is 2. The summed E-state index contributed by atoms with van der Waals surface area (Å²) in [5, 5.41) is 12.8. The quantitative estimate of drug-likeness (QED) is 0.530. The summed E-state index contributed by atoms with van der Waals surface area (Å²) in [6.07, 6.45) is 3.46. The first-order valence-corrected chi connectivity index (χ1v) is 9.09. The lowest BCUT2D eigenvalue weighted by atomic mass is 10.3. The molecule has 1 aliphatic heterocycles. The largest absolute Gasteiger partial charge is 0.352 e. The first-order chi connectivity index (χ1) is 13.2. The molecule has 0 radical (unpaired) electrons. The molecule has 10 heteroatoms. The van der Waals surface area contributed by atoms with E-state index in [2.05, 4.69) is 47.0 Å². The highest BCUT2D eigenvalue weighted by molar-refractivity contribution is 5.83. The Morgan fingerprint density at radius 3 is 2.59 bits per heavy atom. The summed E-state index contributed by atoms with van der Waals surface area (Å²) in [6.45, 7) is 8.27. The van der Waals surface area contributed by atoms with E-state index in [4.69, 9.17) is 0 Å². The van der Waals surface area contributed by atoms with Crippen LogP contribution < -0.4 is 9.80 Å². The van der Waals surface area contributed by atoms with Crippen molar-refractivity contribution in [3.63, 3.8) is 0 Å². The fourth-order valence-electron chi connectivity index (χ4n) is 3.53. The summed E-state index contributed by atoms with van der Waals surface area (Å²) in [5.74, 6) is 2.64. The maximum Gasteiger partial charge on any atom is 0.178 e. The summed E-state index contributed by atoms with van der Waals surface area (Å²) in [7, 11) is 0. The monoisotopic (exact) mass is 364 g/mol. The maximum absolute atomic E-state index is 4.68. The van der Waals surface area contributed by atoms with Crippen LogP contribution in [-0.2, 0) is 6.54 Å². The third-order valence-corrected chi connectivity index (χ3v) is 5.03. The second-order valence-electron chi connectivity index (χ2n) is 6.58. The van der Waals surface area contributed by atoms with Gasteiger partial charge in [-0.1, -0.05) is 0 Å². The van der Waals surface area contributed by atoms with Gasteiger partial charge in [-0.25, -0.2) is 15.0 Å². The van der Waals surface area contributed by atoms with Crippen molar-refractivity contribution in [3.05, 3.63) is 30.6 Å². The molecule has 0 aromatic carbocycles. The minimum atomic E-state index is 0.768. The number of aryl methyl sites for hydroxylation is 2. The van der Waals surface area contributed by atoms with Gasteiger partial charge in [-0.15, -0.1) is 15.3 Å². The fraction of sp³-hybridized carbons (Fsp3) is 0.412. The lowest BCUT2D eigenvalue weighted by Crippen LogP contribution is -2.47. The van der Waals surface area contributed by atoms with Crippen molar-refractivity contribution in [1.82, 2.24) is 39.3 Å². The number of imidazole rings is 1. The van der Waals surface area contributed by atoms with Crippen molar-refractivity contribution in [2.45, 2.75) is 20.4 Å². The Morgan fingerprint density at radius 1 is 0.963 bits per heavy atom. The van der Waals surface area contributed by atoms with Crippen molar-refractivity contribution in [1.29, 1.82) is 0 Å². The van der Waals surface area contributed by atoms with Crippen LogP contribution in [0.15, 0.2) is 24.8 Å². The highest BCUT2D eigenvalue weighted by Crippen LogP contribution is 2.23. The normalized spacial score (nSPS) is 15.2. The molecule has 4 aromatic rings. The Hall–Kier alpha value is -3.30. The standard InChI is InChI=1S/C17H20N10/c1-3-24-11-20-15-16(24)18-10-19-17(15)26-8-6-25(7-9-26)14-5-4-13-22-21-12(2)27(13)23-14/h4-5,10-11H,3,6-9H2,1-2H3. The number of piperazine rings is 1. The van der Waals surface area contributed by atoms with E-state index in [1.54, 1.807) is 10.8 Å². The highest BCUT2D eigenvalue weighted by atomic mass is 15.4. The van der Waals surface area contributed by atoms with Gasteiger partial charge in [-0.2, -0.15) is 4.52 Å². The molecule has 1 saturated heterocycles. The molecule has 1 fully saturated rings. The number of nitrogens with zero attached hydrogens (tertiary/aromatic N) is 10. The minimum Gasteiger partial charge on any atom is -0.352 e. The molecule has 0 saturated carbocycles. The molecular formula is C17H20N10. The molecule has 0 aliphatic carbocycles. The first kappa shape index (κ1) is 15.9. The molecule has 10 nitrogen and oxygen atoms in total. The zero-order valence-corrected chi connectivity index (χ0v) is 15.3. The lowest BCUT2D eigenvalue weighted by Gasteiger charge is -2.35. The van der Waals surface area contributed by atoms with Gasteiger partial charge in [-0.05, 0) is 26.0 Å². The second-order valence-corrected chi connectivity index (χ2v) is 6.58. The predicted octanol–water partition coefficient (Wildman–Crippen LogP) is 0.919. The van der Waals surface area contributed by atoms with Crippen molar-refractivity contribution >= 4 is 28.4 Å². The van der Waals surface area contributed by atoms with Crippen molar-refractivity contribution in [2.24, 2.45) is 0 Å². The van der Waals surface area contributed by atoms with E-state index in [0.717, 1.165) is 67.0 Å². The van der Waals surface area contributed by atoms with Gasteiger partial charge in [0.1, 0.15) is 12.1 Å². The number of hydrogen-bond acceptors (Lipinski definition) is 8. The van der Waals surface area contributed by atoms with E-state index < -0.39 is 0 Å². The highest BCUT2D eigenvalue weighted by Gasteiger charge is 2.22. The van der Waals surface area contributed by atoms with Crippen molar-refractivity contribution < 1.29 is 0 Å². The first-order valence-electron chi connectivity index (χ1n) is 9.09. The van der Waals surface area contributed by atoms with E-state index >= 15 is 0 Å². The SMILES string of the molecule is CCn1cnc2c(N3CCN(c4ccc5nnc(C)n5n4)CC3)ncnc21. The molecule has 0 atom stereocenters. The summed E-state index contributed by atoms with van der Waals surface area (Å²) in [5.41, 5.74) is 2.53. The lowest BCUT2D eigenvalue weighted by molar-refractivity contribution is 0.636. The molecule has 1 aliphatic rings. The van der Waals surface area contributed by atoms with Gasteiger partial charge >= 0.3 is 0 Å². The van der Waals surface area contributed by atoms with E-state index in [9.17, 15) is 0 Å². The molecule has 4 aromatic heterocycles. The Morgan fingerprint density at radius 2 is 1.78 bits per heavy atom. The second kappa shape index (κ2) is 6.15. The molecule has 5 rings (SSSR count). The van der Waals surface area contributed by atoms with E-state index in [1.807, 2.05) is 30.0 Å². The summed E-state index contributed by atoms with van der Waals surface area (Å²) >= 11 is 0. The molecule has 0 amide bonds. The van der Waals surface area contributed by atoms with E-state index in [-0.39, 0.29) is 0 Å². The minimum absolute atomic E-state index is 0.768. The molecule has 0 unspecified atom stereocenters. The number of hydrogen-bond donors (Lipinski definition) is 0. The van der Waals surface area contributed by atoms with Crippen molar-refractivity contribution in [3.8, 4) is 0 Å². The Balaban J connectivity index is 1.38. The van der Waals surface area contributed by atoms with Gasteiger partial charge in [0, 0.05) is 32.7 Å². The van der Waals surface area contributed by atoms with Gasteiger partial charge in [0.15, 0.2) is 28.5 Å². The number of aromatic nitrogens is 8. The Bertz CT molecular complexity index is 1110. The van der Waals surface area contributed by atoms with Crippen LogP contribution >= 0.6 is 0 Å². The van der Waals surface area contributed by atoms with Gasteiger partial charge < -0.3 is 14.4 Å². The average Bonchev–Trinajstić information content (AvgIpc) is 3.31. The van der Waals surface area contributed by atoms with Crippen LogP contribution in [0.5, 0.6) is 0 Å². The molecule has 0 N–H and O–H groups in total. The molecule has 5 heterocycles. The predicted molar refractivity (Wildman–Crippen MR) is 101 cm³/mol. The molecule has 27 heavy (non-hydrogen) atoms. The van der Waals surface area contributed by atoms with Gasteiger partial charge in [-0.3, -0.25) is 0 Å². The van der Waals surface area contributed by atoms with Crippen LogP contribution in [0.2, 0.25) is 0 Å². The summed E-state index contributed by atoms with van der Waals surface area (Å²) < 4.78 is 3.82. The van der Waals surface area contributed by atoms with E-state index in [1.165, 1.54) is 0 Å². The van der Waals surface area contributed by atoms with Crippen LogP contribution in [-0.4, -0.2) is 65.5 Å². The van der Waals surface area contributed by atoms with Gasteiger partial charge in [0.25, 0.3) is 0 Å². The zero-order valence-electron chi connectivity index (χ0n) is 15.3. The summed E-state index contributed by atoms with van der Waals surface area (Å²) in [4.78, 5) is 18.0. The van der Waals surface area contributed by atoms with Crippen LogP contribution in [0.4, 0.5) is 11.6 Å². The molecule has 0 spiro atoms. The van der Waals surface area contributed by atoms with E-state index in [0.29, 0.717) is 0 Å². The van der Waals surface area contributed by atoms with Crippen LogP contribution in [0.3, 0.4) is 0 Å². The van der Waals surface area contributed by atoms with Gasteiger partial charge in [0.2, 0.25) is 0 Å². The maximum atomic E-state index is 4.68. The van der Waals surface area contributed by atoms with Crippen LogP contribution in [0.1, 0.15) is 12.7 Å².